The van der Waals surface area contributed by atoms with Gasteiger partial charge in [0.25, 0.3) is 5.56 Å². The maximum absolute atomic E-state index is 12.4. The fraction of sp³-hybridized carbons (Fsp3) is 0.615. The second-order valence-electron chi connectivity index (χ2n) is 4.63. The van der Waals surface area contributed by atoms with Gasteiger partial charge in [0.2, 0.25) is 11.7 Å². The Morgan fingerprint density at radius 2 is 2.26 bits per heavy atom. The van der Waals surface area contributed by atoms with Crippen LogP contribution in [0, 0.1) is 5.92 Å². The molecule has 1 aromatic heterocycles. The van der Waals surface area contributed by atoms with Crippen molar-refractivity contribution in [1.82, 2.24) is 14.9 Å². The van der Waals surface area contributed by atoms with Gasteiger partial charge in [-0.15, -0.1) is 0 Å². The van der Waals surface area contributed by atoms with E-state index in [-0.39, 0.29) is 23.1 Å². The summed E-state index contributed by atoms with van der Waals surface area (Å²) in [5, 5.41) is 0. The van der Waals surface area contributed by atoms with E-state index in [1.54, 1.807) is 4.90 Å². The number of nitrogens with zero attached hydrogens (tertiary/aromatic N) is 2. The van der Waals surface area contributed by atoms with Crippen LogP contribution in [0.2, 0.25) is 0 Å². The molecule has 0 saturated heterocycles. The first-order valence-electron chi connectivity index (χ1n) is 6.65. The van der Waals surface area contributed by atoms with Gasteiger partial charge in [-0.3, -0.25) is 9.59 Å². The number of carbonyl (C=O) groups excluding carboxylic acids is 1. The highest BCUT2D eigenvalue weighted by Crippen LogP contribution is 2.19. The molecule has 6 heteroatoms. The number of hydrogen-bond acceptors (Lipinski definition) is 4. The number of carbonyl (C=O) groups is 1. The van der Waals surface area contributed by atoms with Crippen molar-refractivity contribution in [3.63, 3.8) is 0 Å². The Morgan fingerprint density at radius 1 is 1.53 bits per heavy atom. The second kappa shape index (κ2) is 5.86. The molecule has 2 heterocycles. The molecular weight excluding hydrogens is 246 g/mol. The van der Waals surface area contributed by atoms with E-state index in [2.05, 4.69) is 9.97 Å². The van der Waals surface area contributed by atoms with Crippen molar-refractivity contribution in [2.75, 3.05) is 13.2 Å². The third kappa shape index (κ3) is 2.77. The Balaban J connectivity index is 2.23. The fourth-order valence-corrected chi connectivity index (χ4v) is 2.29. The summed E-state index contributed by atoms with van der Waals surface area (Å²) in [5.41, 5.74) is 0.238. The lowest BCUT2D eigenvalue weighted by atomic mass is 10.0. The van der Waals surface area contributed by atoms with Crippen LogP contribution in [0.15, 0.2) is 11.1 Å². The summed E-state index contributed by atoms with van der Waals surface area (Å²) < 4.78 is 5.41. The fourth-order valence-electron chi connectivity index (χ4n) is 2.29. The van der Waals surface area contributed by atoms with Crippen LogP contribution in [0.1, 0.15) is 32.4 Å². The predicted octanol–water partition coefficient (Wildman–Crippen LogP) is 0.927. The summed E-state index contributed by atoms with van der Waals surface area (Å²) in [6, 6.07) is 0. The Labute approximate surface area is 111 Å². The van der Waals surface area contributed by atoms with Gasteiger partial charge in [0.1, 0.15) is 12.3 Å². The van der Waals surface area contributed by atoms with E-state index < -0.39 is 0 Å². The molecule has 1 amide bonds. The van der Waals surface area contributed by atoms with E-state index in [0.717, 1.165) is 12.8 Å². The van der Waals surface area contributed by atoms with Crippen LogP contribution in [0.5, 0.6) is 5.75 Å². The molecular formula is C13H19N3O3. The van der Waals surface area contributed by atoms with Crippen LogP contribution >= 0.6 is 0 Å². The minimum atomic E-state index is -0.290. The molecule has 0 aliphatic carbocycles. The van der Waals surface area contributed by atoms with Crippen molar-refractivity contribution >= 4 is 5.91 Å². The number of ether oxygens (including phenoxy) is 1. The number of hydrogen-bond donors (Lipinski definition) is 1. The molecule has 0 aromatic carbocycles. The van der Waals surface area contributed by atoms with E-state index in [1.807, 2.05) is 13.8 Å². The standard InChI is InChI=1S/C13H19N3O3/c1-3-9(4-2)13(18)16-5-6-19-11-10(7-16)14-8-15-12(11)17/h8-9H,3-7H2,1-2H3,(H,14,15,17). The maximum Gasteiger partial charge on any atom is 0.293 e. The zero-order valence-corrected chi connectivity index (χ0v) is 11.3. The molecule has 0 unspecified atom stereocenters. The number of aromatic amines is 1. The maximum atomic E-state index is 12.4. The smallest absolute Gasteiger partial charge is 0.293 e. The van der Waals surface area contributed by atoms with Gasteiger partial charge >= 0.3 is 0 Å². The lowest BCUT2D eigenvalue weighted by Gasteiger charge is -2.24. The van der Waals surface area contributed by atoms with Crippen LogP contribution in [-0.2, 0) is 11.3 Å². The summed E-state index contributed by atoms with van der Waals surface area (Å²) in [6.07, 6.45) is 2.99. The van der Waals surface area contributed by atoms with Crippen molar-refractivity contribution in [1.29, 1.82) is 0 Å². The molecule has 1 aliphatic rings. The average Bonchev–Trinajstić information content (AvgIpc) is 2.63. The first-order chi connectivity index (χ1) is 9.17. The quantitative estimate of drug-likeness (QED) is 0.882. The molecule has 0 atom stereocenters. The van der Waals surface area contributed by atoms with Gasteiger partial charge < -0.3 is 14.6 Å². The number of fused-ring (bicyclic) bond motifs is 1. The molecule has 6 nitrogen and oxygen atoms in total. The first kappa shape index (κ1) is 13.6. The highest BCUT2D eigenvalue weighted by atomic mass is 16.5. The highest BCUT2D eigenvalue weighted by Gasteiger charge is 2.26. The zero-order chi connectivity index (χ0) is 13.8. The summed E-state index contributed by atoms with van der Waals surface area (Å²) in [5.74, 6) is 0.384. The Morgan fingerprint density at radius 3 is 2.95 bits per heavy atom. The number of rotatable bonds is 3. The first-order valence-corrected chi connectivity index (χ1v) is 6.65. The van der Waals surface area contributed by atoms with Crippen LogP contribution in [-0.4, -0.2) is 33.9 Å². The number of amides is 1. The van der Waals surface area contributed by atoms with Gasteiger partial charge in [0.05, 0.1) is 19.4 Å². The van der Waals surface area contributed by atoms with Crippen LogP contribution in [0.3, 0.4) is 0 Å². The third-order valence-corrected chi connectivity index (χ3v) is 3.48. The lowest BCUT2D eigenvalue weighted by Crippen LogP contribution is -2.37. The molecule has 0 bridgehead atoms. The number of aromatic nitrogens is 2. The van der Waals surface area contributed by atoms with Crippen molar-refractivity contribution in [2.24, 2.45) is 5.92 Å². The average molecular weight is 265 g/mol. The summed E-state index contributed by atoms with van der Waals surface area (Å²) in [7, 11) is 0. The molecule has 0 spiro atoms. The van der Waals surface area contributed by atoms with Crippen LogP contribution in [0.4, 0.5) is 0 Å². The van der Waals surface area contributed by atoms with Crippen molar-refractivity contribution < 1.29 is 9.53 Å². The van der Waals surface area contributed by atoms with Crippen molar-refractivity contribution in [3.05, 3.63) is 22.4 Å². The van der Waals surface area contributed by atoms with E-state index in [1.165, 1.54) is 6.33 Å². The molecule has 104 valence electrons. The molecule has 0 radical (unpaired) electrons. The van der Waals surface area contributed by atoms with Gasteiger partial charge in [-0.1, -0.05) is 13.8 Å². The summed E-state index contributed by atoms with van der Waals surface area (Å²) >= 11 is 0. The van der Waals surface area contributed by atoms with Crippen molar-refractivity contribution in [2.45, 2.75) is 33.2 Å². The number of H-pyrrole nitrogens is 1. The Hall–Kier alpha value is -1.85. The van der Waals surface area contributed by atoms with Gasteiger partial charge in [-0.05, 0) is 12.8 Å². The molecule has 1 aliphatic heterocycles. The van der Waals surface area contributed by atoms with E-state index >= 15 is 0 Å². The van der Waals surface area contributed by atoms with E-state index in [0.29, 0.717) is 25.4 Å². The normalized spacial score (nSPS) is 14.8. The van der Waals surface area contributed by atoms with E-state index in [4.69, 9.17) is 4.74 Å². The highest BCUT2D eigenvalue weighted by molar-refractivity contribution is 5.78. The minimum Gasteiger partial charge on any atom is -0.485 e. The SMILES string of the molecule is CCC(CC)C(=O)N1CCOc2c(nc[nH]c2=O)C1. The predicted molar refractivity (Wildman–Crippen MR) is 69.8 cm³/mol. The van der Waals surface area contributed by atoms with E-state index in [9.17, 15) is 9.59 Å². The Kier molecular flexibility index (Phi) is 4.19. The minimum absolute atomic E-state index is 0.0311. The third-order valence-electron chi connectivity index (χ3n) is 3.48. The molecule has 0 fully saturated rings. The van der Waals surface area contributed by atoms with Crippen molar-refractivity contribution in [3.8, 4) is 5.75 Å². The number of nitrogens with one attached hydrogen (secondary N) is 1. The zero-order valence-electron chi connectivity index (χ0n) is 11.3. The molecule has 1 N–H and O–H groups in total. The summed E-state index contributed by atoms with van der Waals surface area (Å²) in [6.45, 7) is 5.18. The summed E-state index contributed by atoms with van der Waals surface area (Å²) in [4.78, 5) is 32.3. The second-order valence-corrected chi connectivity index (χ2v) is 4.63. The molecule has 19 heavy (non-hydrogen) atoms. The van der Waals surface area contributed by atoms with Crippen LogP contribution < -0.4 is 10.3 Å². The molecule has 0 saturated carbocycles. The van der Waals surface area contributed by atoms with Gasteiger partial charge in [-0.25, -0.2) is 4.98 Å². The Bertz CT molecular complexity index is 508. The molecule has 1 aromatic rings. The monoisotopic (exact) mass is 265 g/mol. The lowest BCUT2D eigenvalue weighted by molar-refractivity contribution is -0.136. The van der Waals surface area contributed by atoms with Gasteiger partial charge in [0.15, 0.2) is 0 Å². The van der Waals surface area contributed by atoms with Gasteiger partial charge in [0, 0.05) is 5.92 Å². The molecule has 2 rings (SSSR count). The van der Waals surface area contributed by atoms with Crippen LogP contribution in [0.25, 0.3) is 0 Å². The largest absolute Gasteiger partial charge is 0.485 e. The van der Waals surface area contributed by atoms with Gasteiger partial charge in [-0.2, -0.15) is 0 Å². The topological polar surface area (TPSA) is 75.3 Å².